The van der Waals surface area contributed by atoms with E-state index < -0.39 is 12.2 Å². The summed E-state index contributed by atoms with van der Waals surface area (Å²) >= 11 is 0. The van der Waals surface area contributed by atoms with Crippen molar-refractivity contribution < 1.29 is 19.1 Å². The van der Waals surface area contributed by atoms with Gasteiger partial charge >= 0.3 is 12.2 Å². The van der Waals surface area contributed by atoms with E-state index in [0.717, 1.165) is 10.8 Å². The van der Waals surface area contributed by atoms with Crippen LogP contribution >= 0.6 is 0 Å². The highest BCUT2D eigenvalue weighted by atomic mass is 16.6. The van der Waals surface area contributed by atoms with E-state index in [4.69, 9.17) is 9.47 Å². The third-order valence-electron chi connectivity index (χ3n) is 4.25. The molecule has 2 amide bonds. The van der Waals surface area contributed by atoms with Crippen molar-refractivity contribution in [3.63, 3.8) is 0 Å². The third-order valence-corrected chi connectivity index (χ3v) is 4.25. The van der Waals surface area contributed by atoms with Crippen LogP contribution in [0.1, 0.15) is 27.7 Å². The molecule has 0 saturated heterocycles. The van der Waals surface area contributed by atoms with Gasteiger partial charge in [-0.05, 0) is 50.6 Å². The molecule has 0 unspecified atom stereocenters. The minimum absolute atomic E-state index is 0.237. The Morgan fingerprint density at radius 3 is 1.38 bits per heavy atom. The summed E-state index contributed by atoms with van der Waals surface area (Å²) in [6.45, 7) is 9.68. The first-order valence-electron chi connectivity index (χ1n) is 9.00. The van der Waals surface area contributed by atoms with Crippen LogP contribution in [-0.4, -0.2) is 48.2 Å². The molecule has 140 valence electrons. The summed E-state index contributed by atoms with van der Waals surface area (Å²) in [6, 6.07) is 11.1. The average Bonchev–Trinajstić information content (AvgIpc) is 2.64. The highest BCUT2D eigenvalue weighted by Gasteiger charge is 2.20. The number of amides is 2. The van der Waals surface area contributed by atoms with Gasteiger partial charge < -0.3 is 19.3 Å². The summed E-state index contributed by atoms with van der Waals surface area (Å²) in [5, 5.41) is 1.80. The molecule has 0 heterocycles. The fourth-order valence-corrected chi connectivity index (χ4v) is 2.64. The van der Waals surface area contributed by atoms with Gasteiger partial charge in [-0.15, -0.1) is 0 Å². The number of fused-ring (bicyclic) bond motifs is 1. The van der Waals surface area contributed by atoms with Crippen LogP contribution < -0.4 is 9.47 Å². The lowest BCUT2D eigenvalue weighted by molar-refractivity contribution is 0.146. The van der Waals surface area contributed by atoms with Crippen molar-refractivity contribution in [3.8, 4) is 11.5 Å². The van der Waals surface area contributed by atoms with E-state index in [9.17, 15) is 9.59 Å². The number of hydrogen-bond donors (Lipinski definition) is 0. The summed E-state index contributed by atoms with van der Waals surface area (Å²) in [6.07, 6.45) is -0.934. The van der Waals surface area contributed by atoms with Crippen LogP contribution in [0.15, 0.2) is 36.4 Å². The Bertz CT molecular complexity index is 703. The van der Waals surface area contributed by atoms with Gasteiger partial charge in [0.2, 0.25) is 0 Å². The second-order valence-corrected chi connectivity index (χ2v) is 5.73. The van der Waals surface area contributed by atoms with Crippen LogP contribution in [0.3, 0.4) is 0 Å². The summed E-state index contributed by atoms with van der Waals surface area (Å²) in [4.78, 5) is 27.8. The van der Waals surface area contributed by atoms with Crippen molar-refractivity contribution in [2.24, 2.45) is 0 Å². The predicted octanol–water partition coefficient (Wildman–Crippen LogP) is 4.52. The lowest BCUT2D eigenvalue weighted by atomic mass is 10.1. The first-order chi connectivity index (χ1) is 12.5. The monoisotopic (exact) mass is 358 g/mol. The molecule has 0 bridgehead atoms. The van der Waals surface area contributed by atoms with E-state index in [0.29, 0.717) is 26.2 Å². The Morgan fingerprint density at radius 2 is 1.08 bits per heavy atom. The van der Waals surface area contributed by atoms with Crippen molar-refractivity contribution >= 4 is 23.0 Å². The van der Waals surface area contributed by atoms with Crippen molar-refractivity contribution in [1.29, 1.82) is 0 Å². The topological polar surface area (TPSA) is 59.1 Å². The zero-order chi connectivity index (χ0) is 19.1. The van der Waals surface area contributed by atoms with Crippen LogP contribution in [0, 0.1) is 0 Å². The number of hydrogen-bond acceptors (Lipinski definition) is 4. The van der Waals surface area contributed by atoms with Gasteiger partial charge in [0.05, 0.1) is 0 Å². The van der Waals surface area contributed by atoms with E-state index in [1.807, 2.05) is 52.0 Å². The van der Waals surface area contributed by atoms with Gasteiger partial charge in [0, 0.05) is 26.2 Å². The van der Waals surface area contributed by atoms with Gasteiger partial charge in [-0.2, -0.15) is 0 Å². The maximum absolute atomic E-state index is 12.3. The summed E-state index contributed by atoms with van der Waals surface area (Å²) in [7, 11) is 0. The lowest BCUT2D eigenvalue weighted by Gasteiger charge is -2.21. The molecular formula is C20H26N2O4. The van der Waals surface area contributed by atoms with E-state index >= 15 is 0 Å². The average molecular weight is 358 g/mol. The number of carbonyl (C=O) groups is 2. The van der Waals surface area contributed by atoms with Crippen LogP contribution in [-0.2, 0) is 0 Å². The van der Waals surface area contributed by atoms with Crippen molar-refractivity contribution in [1.82, 2.24) is 9.80 Å². The summed E-state index contributed by atoms with van der Waals surface area (Å²) in [5.41, 5.74) is 0. The van der Waals surface area contributed by atoms with E-state index in [1.54, 1.807) is 21.9 Å². The van der Waals surface area contributed by atoms with E-state index in [2.05, 4.69) is 0 Å². The van der Waals surface area contributed by atoms with Gasteiger partial charge in [-0.25, -0.2) is 9.59 Å². The SMILES string of the molecule is CCN(CC)C(=O)Oc1cc2ccccc2cc1OC(=O)N(CC)CC. The zero-order valence-corrected chi connectivity index (χ0v) is 15.8. The molecule has 6 heteroatoms. The number of benzene rings is 2. The molecule has 2 aromatic carbocycles. The Labute approximate surface area is 154 Å². The molecule has 2 aromatic rings. The Kier molecular flexibility index (Phi) is 6.83. The van der Waals surface area contributed by atoms with E-state index in [-0.39, 0.29) is 11.5 Å². The fraction of sp³-hybridized carbons (Fsp3) is 0.400. The second-order valence-electron chi connectivity index (χ2n) is 5.73. The minimum Gasteiger partial charge on any atom is -0.406 e. The molecule has 2 rings (SSSR count). The number of ether oxygens (including phenoxy) is 2. The fourth-order valence-electron chi connectivity index (χ4n) is 2.64. The molecule has 0 radical (unpaired) electrons. The van der Waals surface area contributed by atoms with E-state index in [1.165, 1.54) is 0 Å². The highest BCUT2D eigenvalue weighted by molar-refractivity contribution is 5.88. The molecule has 0 aromatic heterocycles. The number of rotatable bonds is 6. The Morgan fingerprint density at radius 1 is 0.731 bits per heavy atom. The lowest BCUT2D eigenvalue weighted by Crippen LogP contribution is -2.34. The molecule has 0 fully saturated rings. The molecular weight excluding hydrogens is 332 g/mol. The first-order valence-corrected chi connectivity index (χ1v) is 9.00. The summed E-state index contributed by atoms with van der Waals surface area (Å²) in [5.74, 6) is 0.474. The molecule has 0 atom stereocenters. The highest BCUT2D eigenvalue weighted by Crippen LogP contribution is 2.33. The second kappa shape index (κ2) is 9.08. The van der Waals surface area contributed by atoms with Gasteiger partial charge in [0.15, 0.2) is 11.5 Å². The zero-order valence-electron chi connectivity index (χ0n) is 15.8. The Hall–Kier alpha value is -2.76. The molecule has 26 heavy (non-hydrogen) atoms. The minimum atomic E-state index is -0.467. The van der Waals surface area contributed by atoms with Gasteiger partial charge in [0.1, 0.15) is 0 Å². The molecule has 6 nitrogen and oxygen atoms in total. The number of nitrogens with zero attached hydrogens (tertiary/aromatic N) is 2. The maximum Gasteiger partial charge on any atom is 0.415 e. The predicted molar refractivity (Wildman–Crippen MR) is 102 cm³/mol. The molecule has 0 saturated carbocycles. The van der Waals surface area contributed by atoms with Gasteiger partial charge in [-0.3, -0.25) is 0 Å². The molecule has 0 N–H and O–H groups in total. The largest absolute Gasteiger partial charge is 0.415 e. The normalized spacial score (nSPS) is 10.5. The van der Waals surface area contributed by atoms with Crippen molar-refractivity contribution in [2.45, 2.75) is 27.7 Å². The van der Waals surface area contributed by atoms with Crippen LogP contribution in [0.5, 0.6) is 11.5 Å². The summed E-state index contributed by atoms with van der Waals surface area (Å²) < 4.78 is 11.1. The maximum atomic E-state index is 12.3. The molecule has 0 aliphatic carbocycles. The molecule has 0 aliphatic rings. The first kappa shape index (κ1) is 19.6. The van der Waals surface area contributed by atoms with Crippen molar-refractivity contribution in [3.05, 3.63) is 36.4 Å². The Balaban J connectivity index is 2.39. The van der Waals surface area contributed by atoms with Crippen LogP contribution in [0.4, 0.5) is 9.59 Å². The molecule has 0 spiro atoms. The van der Waals surface area contributed by atoms with Gasteiger partial charge in [-0.1, -0.05) is 24.3 Å². The van der Waals surface area contributed by atoms with Crippen molar-refractivity contribution in [2.75, 3.05) is 26.2 Å². The van der Waals surface area contributed by atoms with Crippen LogP contribution in [0.25, 0.3) is 10.8 Å². The standard InChI is InChI=1S/C20H26N2O4/c1-5-21(6-2)19(23)25-17-13-15-11-9-10-12-16(15)14-18(17)26-20(24)22(7-3)8-4/h9-14H,5-8H2,1-4H3. The van der Waals surface area contributed by atoms with Gasteiger partial charge in [0.25, 0.3) is 0 Å². The molecule has 0 aliphatic heterocycles. The smallest absolute Gasteiger partial charge is 0.406 e. The third kappa shape index (κ3) is 4.45. The van der Waals surface area contributed by atoms with Crippen LogP contribution in [0.2, 0.25) is 0 Å². The number of carbonyl (C=O) groups excluding carboxylic acids is 2. The quantitative estimate of drug-likeness (QED) is 0.762.